The summed E-state index contributed by atoms with van der Waals surface area (Å²) >= 11 is 3.46. The van der Waals surface area contributed by atoms with Crippen LogP contribution in [0.1, 0.15) is 45.1 Å². The van der Waals surface area contributed by atoms with Crippen LogP contribution in [0.25, 0.3) is 0 Å². The number of hydrogen-bond acceptors (Lipinski definition) is 0. The third-order valence-electron chi connectivity index (χ3n) is 2.80. The van der Waals surface area contributed by atoms with E-state index in [1.807, 2.05) is 0 Å². The van der Waals surface area contributed by atoms with Gasteiger partial charge < -0.3 is 0 Å². The first-order chi connectivity index (χ1) is 7.22. The summed E-state index contributed by atoms with van der Waals surface area (Å²) in [5.41, 5.74) is 1.46. The zero-order valence-electron chi connectivity index (χ0n) is 9.80. The van der Waals surface area contributed by atoms with Gasteiger partial charge in [0.15, 0.2) is 0 Å². The van der Waals surface area contributed by atoms with E-state index in [-0.39, 0.29) is 0 Å². The molecule has 1 unspecified atom stereocenters. The zero-order valence-corrected chi connectivity index (χ0v) is 11.4. The van der Waals surface area contributed by atoms with Crippen molar-refractivity contribution in [2.24, 2.45) is 5.92 Å². The summed E-state index contributed by atoms with van der Waals surface area (Å²) in [7, 11) is 0. The Labute approximate surface area is 102 Å². The predicted molar refractivity (Wildman–Crippen MR) is 71.2 cm³/mol. The topological polar surface area (TPSA) is 0 Å². The molecule has 84 valence electrons. The fourth-order valence-corrected chi connectivity index (χ4v) is 2.13. The molecule has 0 fully saturated rings. The Morgan fingerprint density at radius 3 is 2.40 bits per heavy atom. The van der Waals surface area contributed by atoms with E-state index in [9.17, 15) is 0 Å². The first kappa shape index (κ1) is 12.8. The molecule has 15 heavy (non-hydrogen) atoms. The van der Waals surface area contributed by atoms with Crippen molar-refractivity contribution in [2.75, 3.05) is 0 Å². The maximum Gasteiger partial charge on any atom is 0.0175 e. The smallest absolute Gasteiger partial charge is 0.0175 e. The lowest BCUT2D eigenvalue weighted by Crippen LogP contribution is -1.99. The normalized spacial score (nSPS) is 12.7. The van der Waals surface area contributed by atoms with Gasteiger partial charge in [-0.3, -0.25) is 0 Å². The lowest BCUT2D eigenvalue weighted by Gasteiger charge is -2.10. The van der Waals surface area contributed by atoms with Crippen LogP contribution < -0.4 is 0 Å². The van der Waals surface area contributed by atoms with E-state index in [0.29, 0.717) is 0 Å². The summed E-state index contributed by atoms with van der Waals surface area (Å²) in [5.74, 6) is 0.817. The van der Waals surface area contributed by atoms with Gasteiger partial charge in [-0.15, -0.1) is 0 Å². The number of rotatable bonds is 6. The van der Waals surface area contributed by atoms with Crippen molar-refractivity contribution in [1.82, 2.24) is 0 Å². The SMILES string of the molecule is CCCCCC(C)Cc1ccc(Br)cc1. The number of hydrogen-bond donors (Lipinski definition) is 0. The van der Waals surface area contributed by atoms with Gasteiger partial charge in [-0.2, -0.15) is 0 Å². The molecule has 0 amide bonds. The minimum atomic E-state index is 0.817. The molecule has 0 N–H and O–H groups in total. The quantitative estimate of drug-likeness (QED) is 0.622. The molecule has 0 aliphatic carbocycles. The molecular formula is C14H21Br. The van der Waals surface area contributed by atoms with Gasteiger partial charge in [0, 0.05) is 4.47 Å². The molecule has 0 radical (unpaired) electrons. The highest BCUT2D eigenvalue weighted by atomic mass is 79.9. The molecule has 0 saturated carbocycles. The van der Waals surface area contributed by atoms with Gasteiger partial charge >= 0.3 is 0 Å². The van der Waals surface area contributed by atoms with Crippen LogP contribution >= 0.6 is 15.9 Å². The standard InChI is InChI=1S/C14H21Br/c1-3-4-5-6-12(2)11-13-7-9-14(15)10-8-13/h7-10,12H,3-6,11H2,1-2H3. The Kier molecular flexibility index (Phi) is 6.00. The van der Waals surface area contributed by atoms with E-state index in [1.165, 1.54) is 42.1 Å². The maximum atomic E-state index is 3.46. The average Bonchev–Trinajstić information content (AvgIpc) is 2.22. The summed E-state index contributed by atoms with van der Waals surface area (Å²) in [4.78, 5) is 0. The van der Waals surface area contributed by atoms with Gasteiger partial charge in [-0.25, -0.2) is 0 Å². The van der Waals surface area contributed by atoms with Crippen LogP contribution in [-0.4, -0.2) is 0 Å². The molecule has 1 aromatic carbocycles. The summed E-state index contributed by atoms with van der Waals surface area (Å²) < 4.78 is 1.17. The third kappa shape index (κ3) is 5.36. The second kappa shape index (κ2) is 7.05. The molecule has 0 nitrogen and oxygen atoms in total. The van der Waals surface area contributed by atoms with Crippen molar-refractivity contribution >= 4 is 15.9 Å². The van der Waals surface area contributed by atoms with Crippen molar-refractivity contribution in [3.63, 3.8) is 0 Å². The van der Waals surface area contributed by atoms with Gasteiger partial charge in [-0.1, -0.05) is 67.6 Å². The van der Waals surface area contributed by atoms with E-state index in [0.717, 1.165) is 5.92 Å². The molecule has 0 heterocycles. The Balaban J connectivity index is 2.31. The highest BCUT2D eigenvalue weighted by Crippen LogP contribution is 2.17. The van der Waals surface area contributed by atoms with Gasteiger partial charge in [0.2, 0.25) is 0 Å². The second-order valence-corrected chi connectivity index (χ2v) is 5.35. The van der Waals surface area contributed by atoms with Crippen LogP contribution in [0.3, 0.4) is 0 Å². The van der Waals surface area contributed by atoms with Crippen molar-refractivity contribution in [3.8, 4) is 0 Å². The molecule has 0 saturated heterocycles. The molecule has 1 rings (SSSR count). The van der Waals surface area contributed by atoms with Crippen LogP contribution in [0.15, 0.2) is 28.7 Å². The lowest BCUT2D eigenvalue weighted by atomic mass is 9.96. The van der Waals surface area contributed by atoms with Crippen molar-refractivity contribution < 1.29 is 0 Å². The lowest BCUT2D eigenvalue weighted by molar-refractivity contribution is 0.493. The molecule has 1 heteroatoms. The van der Waals surface area contributed by atoms with E-state index >= 15 is 0 Å². The van der Waals surface area contributed by atoms with E-state index < -0.39 is 0 Å². The molecule has 0 spiro atoms. The van der Waals surface area contributed by atoms with Gasteiger partial charge in [0.1, 0.15) is 0 Å². The number of benzene rings is 1. The van der Waals surface area contributed by atoms with Crippen LogP contribution in [0.5, 0.6) is 0 Å². The van der Waals surface area contributed by atoms with E-state index in [2.05, 4.69) is 54.0 Å². The highest BCUT2D eigenvalue weighted by Gasteiger charge is 2.03. The van der Waals surface area contributed by atoms with Crippen molar-refractivity contribution in [1.29, 1.82) is 0 Å². The fourth-order valence-electron chi connectivity index (χ4n) is 1.87. The third-order valence-corrected chi connectivity index (χ3v) is 3.33. The Hall–Kier alpha value is -0.300. The van der Waals surface area contributed by atoms with E-state index in [1.54, 1.807) is 0 Å². The molecule has 1 atom stereocenters. The van der Waals surface area contributed by atoms with Crippen LogP contribution in [0, 0.1) is 5.92 Å². The Bertz CT molecular complexity index is 263. The van der Waals surface area contributed by atoms with Gasteiger partial charge in [0.05, 0.1) is 0 Å². The number of halogens is 1. The predicted octanol–water partition coefficient (Wildman–Crippen LogP) is 5.21. The largest absolute Gasteiger partial charge is 0.0654 e. The van der Waals surface area contributed by atoms with Crippen LogP contribution in [0.4, 0.5) is 0 Å². The van der Waals surface area contributed by atoms with E-state index in [4.69, 9.17) is 0 Å². The Morgan fingerprint density at radius 2 is 1.80 bits per heavy atom. The minimum absolute atomic E-state index is 0.817. The number of unbranched alkanes of at least 4 members (excludes halogenated alkanes) is 2. The Morgan fingerprint density at radius 1 is 1.13 bits per heavy atom. The average molecular weight is 269 g/mol. The molecule has 0 aliphatic heterocycles. The van der Waals surface area contributed by atoms with Crippen molar-refractivity contribution in [3.05, 3.63) is 34.3 Å². The highest BCUT2D eigenvalue weighted by molar-refractivity contribution is 9.10. The summed E-state index contributed by atoms with van der Waals surface area (Å²) in [6.07, 6.45) is 6.67. The van der Waals surface area contributed by atoms with Crippen LogP contribution in [-0.2, 0) is 6.42 Å². The van der Waals surface area contributed by atoms with Crippen molar-refractivity contribution in [2.45, 2.75) is 46.0 Å². The first-order valence-corrected chi connectivity index (χ1v) is 6.76. The molecule has 0 aliphatic rings. The maximum absolute atomic E-state index is 3.46. The second-order valence-electron chi connectivity index (χ2n) is 4.43. The fraction of sp³-hybridized carbons (Fsp3) is 0.571. The molecule has 0 aromatic heterocycles. The first-order valence-electron chi connectivity index (χ1n) is 5.96. The molecule has 1 aromatic rings. The monoisotopic (exact) mass is 268 g/mol. The van der Waals surface area contributed by atoms with Gasteiger partial charge in [0.25, 0.3) is 0 Å². The summed E-state index contributed by atoms with van der Waals surface area (Å²) in [5, 5.41) is 0. The molecular weight excluding hydrogens is 248 g/mol. The van der Waals surface area contributed by atoms with Gasteiger partial charge in [-0.05, 0) is 30.0 Å². The molecule has 0 bridgehead atoms. The summed E-state index contributed by atoms with van der Waals surface area (Å²) in [6.45, 7) is 4.62. The zero-order chi connectivity index (χ0) is 11.1. The van der Waals surface area contributed by atoms with Crippen LogP contribution in [0.2, 0.25) is 0 Å². The summed E-state index contributed by atoms with van der Waals surface area (Å²) in [6, 6.07) is 8.71. The minimum Gasteiger partial charge on any atom is -0.0654 e.